The van der Waals surface area contributed by atoms with E-state index in [1.54, 1.807) is 0 Å². The van der Waals surface area contributed by atoms with Crippen LogP contribution in [0.4, 0.5) is 0 Å². The van der Waals surface area contributed by atoms with Gasteiger partial charge in [-0.25, -0.2) is 0 Å². The van der Waals surface area contributed by atoms with Gasteiger partial charge in [0, 0.05) is 13.1 Å². The quantitative estimate of drug-likeness (QED) is 0.514. The van der Waals surface area contributed by atoms with Gasteiger partial charge in [-0.3, -0.25) is 4.79 Å². The van der Waals surface area contributed by atoms with Crippen molar-refractivity contribution in [2.24, 2.45) is 0 Å². The molecule has 1 N–H and O–H groups in total. The molecule has 1 atom stereocenters. The van der Waals surface area contributed by atoms with Crippen LogP contribution in [0.2, 0.25) is 0 Å². The van der Waals surface area contributed by atoms with Crippen LogP contribution in [0.1, 0.15) is 0 Å². The summed E-state index contributed by atoms with van der Waals surface area (Å²) in [4.78, 5) is 9.88. The molecular weight excluding hydrogens is 134 g/mol. The molecule has 1 unspecified atom stereocenters. The summed E-state index contributed by atoms with van der Waals surface area (Å²) in [6, 6.07) is 0. The summed E-state index contributed by atoms with van der Waals surface area (Å²) in [5, 5.41) is 3.07. The van der Waals surface area contributed by atoms with E-state index in [-0.39, 0.29) is 6.10 Å². The minimum Gasteiger partial charge on any atom is -0.461 e. The summed E-state index contributed by atoms with van der Waals surface area (Å²) in [5.41, 5.74) is 0. The van der Waals surface area contributed by atoms with E-state index in [2.05, 4.69) is 5.32 Å². The first-order valence-corrected chi connectivity index (χ1v) is 3.31. The highest BCUT2D eigenvalue weighted by atomic mass is 16.6. The molecule has 1 aliphatic rings. The third kappa shape index (κ3) is 2.33. The van der Waals surface area contributed by atoms with Crippen LogP contribution < -0.4 is 5.32 Å². The maximum absolute atomic E-state index is 9.88. The van der Waals surface area contributed by atoms with E-state index in [0.29, 0.717) is 26.2 Å². The first kappa shape index (κ1) is 7.50. The fourth-order valence-electron chi connectivity index (χ4n) is 0.847. The van der Waals surface area contributed by atoms with E-state index in [1.165, 1.54) is 0 Å². The Labute approximate surface area is 59.5 Å². The van der Waals surface area contributed by atoms with Crippen LogP contribution in [0.15, 0.2) is 0 Å². The summed E-state index contributed by atoms with van der Waals surface area (Å²) in [6.07, 6.45) is -0.111. The van der Waals surface area contributed by atoms with Gasteiger partial charge >= 0.3 is 0 Å². The van der Waals surface area contributed by atoms with Gasteiger partial charge in [0.2, 0.25) is 0 Å². The molecule has 1 aliphatic heterocycles. The Morgan fingerprint density at radius 3 is 3.40 bits per heavy atom. The van der Waals surface area contributed by atoms with Crippen molar-refractivity contribution in [3.8, 4) is 0 Å². The zero-order valence-electron chi connectivity index (χ0n) is 5.71. The lowest BCUT2D eigenvalue weighted by molar-refractivity contribution is -0.135. The third-order valence-electron chi connectivity index (χ3n) is 1.35. The molecule has 4 nitrogen and oxygen atoms in total. The molecule has 0 saturated carbocycles. The minimum atomic E-state index is -0.111. The lowest BCUT2D eigenvalue weighted by Crippen LogP contribution is -2.29. The second-order valence-corrected chi connectivity index (χ2v) is 2.13. The first-order valence-electron chi connectivity index (χ1n) is 3.31. The normalized spacial score (nSPS) is 27.0. The topological polar surface area (TPSA) is 47.6 Å². The van der Waals surface area contributed by atoms with Gasteiger partial charge in [-0.15, -0.1) is 0 Å². The van der Waals surface area contributed by atoms with E-state index < -0.39 is 0 Å². The maximum Gasteiger partial charge on any atom is 0.293 e. The molecule has 1 fully saturated rings. The Morgan fingerprint density at radius 2 is 2.60 bits per heavy atom. The number of carbonyl (C=O) groups excluding carboxylic acids is 1. The molecule has 10 heavy (non-hydrogen) atoms. The monoisotopic (exact) mass is 145 g/mol. The second kappa shape index (κ2) is 4.24. The largest absolute Gasteiger partial charge is 0.461 e. The van der Waals surface area contributed by atoms with Crippen LogP contribution in [0.3, 0.4) is 0 Å². The highest BCUT2D eigenvalue weighted by Gasteiger charge is 2.11. The Morgan fingerprint density at radius 1 is 1.70 bits per heavy atom. The number of hydrogen-bond donors (Lipinski definition) is 1. The second-order valence-electron chi connectivity index (χ2n) is 2.13. The average Bonchev–Trinajstić information content (AvgIpc) is 2.17. The molecule has 0 aromatic heterocycles. The molecule has 0 aromatic rings. The molecule has 58 valence electrons. The van der Waals surface area contributed by atoms with Crippen molar-refractivity contribution in [3.63, 3.8) is 0 Å². The molecule has 1 heterocycles. The van der Waals surface area contributed by atoms with Gasteiger partial charge in [0.15, 0.2) is 0 Å². The molecule has 0 aromatic carbocycles. The van der Waals surface area contributed by atoms with Gasteiger partial charge in [0.25, 0.3) is 6.47 Å². The summed E-state index contributed by atoms with van der Waals surface area (Å²) in [6.45, 7) is 3.18. The Bertz CT molecular complexity index is 99.2. The lowest BCUT2D eigenvalue weighted by atomic mass is 10.4. The standard InChI is InChI=1S/C6H11NO3/c8-5-10-6-3-7-1-2-9-4-6/h5-7H,1-4H2. The summed E-state index contributed by atoms with van der Waals surface area (Å²) in [5.74, 6) is 0. The summed E-state index contributed by atoms with van der Waals surface area (Å²) in [7, 11) is 0. The number of rotatable bonds is 2. The summed E-state index contributed by atoms with van der Waals surface area (Å²) < 4.78 is 9.81. The van der Waals surface area contributed by atoms with E-state index in [4.69, 9.17) is 9.47 Å². The van der Waals surface area contributed by atoms with Crippen molar-refractivity contribution in [3.05, 3.63) is 0 Å². The first-order chi connectivity index (χ1) is 4.93. The predicted octanol–water partition coefficient (Wildman–Crippen LogP) is -0.852. The van der Waals surface area contributed by atoms with Gasteiger partial charge in [-0.2, -0.15) is 0 Å². The molecule has 4 heteroatoms. The summed E-state index contributed by atoms with van der Waals surface area (Å²) >= 11 is 0. The number of ether oxygens (including phenoxy) is 2. The van der Waals surface area contributed by atoms with E-state index >= 15 is 0 Å². The Hall–Kier alpha value is -0.610. The van der Waals surface area contributed by atoms with Gasteiger partial charge in [0.1, 0.15) is 6.10 Å². The lowest BCUT2D eigenvalue weighted by Gasteiger charge is -2.09. The minimum absolute atomic E-state index is 0.111. The van der Waals surface area contributed by atoms with Crippen molar-refractivity contribution >= 4 is 6.47 Å². The fourth-order valence-corrected chi connectivity index (χ4v) is 0.847. The Balaban J connectivity index is 2.21. The molecule has 1 saturated heterocycles. The van der Waals surface area contributed by atoms with Crippen LogP contribution in [0.5, 0.6) is 0 Å². The van der Waals surface area contributed by atoms with Gasteiger partial charge < -0.3 is 14.8 Å². The zero-order valence-corrected chi connectivity index (χ0v) is 5.71. The molecule has 0 bridgehead atoms. The van der Waals surface area contributed by atoms with Crippen LogP contribution in [-0.4, -0.2) is 38.9 Å². The fraction of sp³-hybridized carbons (Fsp3) is 0.833. The van der Waals surface area contributed by atoms with Crippen LogP contribution in [0.25, 0.3) is 0 Å². The van der Waals surface area contributed by atoms with Crippen molar-refractivity contribution in [1.82, 2.24) is 5.32 Å². The van der Waals surface area contributed by atoms with Gasteiger partial charge in [0.05, 0.1) is 13.2 Å². The highest BCUT2D eigenvalue weighted by molar-refractivity contribution is 5.37. The van der Waals surface area contributed by atoms with Crippen molar-refractivity contribution in [2.75, 3.05) is 26.3 Å². The maximum atomic E-state index is 9.88. The number of hydrogen-bond acceptors (Lipinski definition) is 4. The molecule has 0 radical (unpaired) electrons. The van der Waals surface area contributed by atoms with Crippen LogP contribution in [-0.2, 0) is 14.3 Å². The SMILES string of the molecule is O=COC1CNCCOC1. The molecule has 1 rings (SSSR count). The molecule has 0 amide bonds. The van der Waals surface area contributed by atoms with Crippen LogP contribution in [0, 0.1) is 0 Å². The number of carbonyl (C=O) groups is 1. The van der Waals surface area contributed by atoms with E-state index in [9.17, 15) is 4.79 Å². The highest BCUT2D eigenvalue weighted by Crippen LogP contribution is 1.92. The zero-order chi connectivity index (χ0) is 7.23. The number of nitrogens with one attached hydrogen (secondary N) is 1. The van der Waals surface area contributed by atoms with Crippen molar-refractivity contribution < 1.29 is 14.3 Å². The molecule has 0 spiro atoms. The third-order valence-corrected chi connectivity index (χ3v) is 1.35. The average molecular weight is 145 g/mol. The smallest absolute Gasteiger partial charge is 0.293 e. The van der Waals surface area contributed by atoms with Crippen LogP contribution >= 0.6 is 0 Å². The van der Waals surface area contributed by atoms with Gasteiger partial charge in [-0.05, 0) is 0 Å². The molecular formula is C6H11NO3. The predicted molar refractivity (Wildman–Crippen MR) is 34.6 cm³/mol. The Kier molecular flexibility index (Phi) is 3.18. The van der Waals surface area contributed by atoms with E-state index in [0.717, 1.165) is 6.54 Å². The molecule has 0 aliphatic carbocycles. The van der Waals surface area contributed by atoms with Crippen molar-refractivity contribution in [1.29, 1.82) is 0 Å². The van der Waals surface area contributed by atoms with Gasteiger partial charge in [-0.1, -0.05) is 0 Å². The van der Waals surface area contributed by atoms with Crippen molar-refractivity contribution in [2.45, 2.75) is 6.10 Å². The van der Waals surface area contributed by atoms with E-state index in [1.807, 2.05) is 0 Å².